The summed E-state index contributed by atoms with van der Waals surface area (Å²) in [6.07, 6.45) is 4.47. The summed E-state index contributed by atoms with van der Waals surface area (Å²) in [5, 5.41) is 3.00. The predicted molar refractivity (Wildman–Crippen MR) is 69.2 cm³/mol. The summed E-state index contributed by atoms with van der Waals surface area (Å²) < 4.78 is 0. The van der Waals surface area contributed by atoms with Crippen LogP contribution < -0.4 is 11.1 Å². The molecular formula is C13H28N2O. The molecule has 3 heteroatoms. The van der Waals surface area contributed by atoms with Crippen LogP contribution in [0, 0.1) is 11.3 Å². The van der Waals surface area contributed by atoms with Crippen molar-refractivity contribution in [3.8, 4) is 0 Å². The van der Waals surface area contributed by atoms with E-state index in [1.165, 1.54) is 6.42 Å². The number of nitrogens with two attached hydrogens (primary N) is 1. The van der Waals surface area contributed by atoms with Gasteiger partial charge in [-0.05, 0) is 24.8 Å². The van der Waals surface area contributed by atoms with Crippen LogP contribution in [-0.4, -0.2) is 19.0 Å². The van der Waals surface area contributed by atoms with Gasteiger partial charge >= 0.3 is 0 Å². The van der Waals surface area contributed by atoms with Crippen LogP contribution in [0.25, 0.3) is 0 Å². The van der Waals surface area contributed by atoms with Crippen molar-refractivity contribution in [1.82, 2.24) is 5.32 Å². The summed E-state index contributed by atoms with van der Waals surface area (Å²) in [5.74, 6) is 0.239. The zero-order valence-corrected chi connectivity index (χ0v) is 11.3. The minimum atomic E-state index is 0.0453. The monoisotopic (exact) mass is 228 g/mol. The fraction of sp³-hybridized carbons (Fsp3) is 0.923. The molecule has 1 amide bonds. The number of amides is 1. The van der Waals surface area contributed by atoms with Gasteiger partial charge in [-0.2, -0.15) is 0 Å². The van der Waals surface area contributed by atoms with E-state index in [1.807, 2.05) is 6.92 Å². The fourth-order valence-electron chi connectivity index (χ4n) is 1.38. The Morgan fingerprint density at radius 1 is 1.19 bits per heavy atom. The Labute approximate surface area is 100 Å². The van der Waals surface area contributed by atoms with Gasteiger partial charge in [-0.3, -0.25) is 4.79 Å². The van der Waals surface area contributed by atoms with Crippen LogP contribution in [-0.2, 0) is 4.79 Å². The van der Waals surface area contributed by atoms with Crippen molar-refractivity contribution in [2.45, 2.75) is 53.4 Å². The molecule has 0 bridgehead atoms. The number of hydrogen-bond donors (Lipinski definition) is 2. The van der Waals surface area contributed by atoms with Crippen LogP contribution >= 0.6 is 0 Å². The molecule has 0 spiro atoms. The first-order valence-electron chi connectivity index (χ1n) is 6.37. The van der Waals surface area contributed by atoms with Crippen molar-refractivity contribution in [2.24, 2.45) is 17.1 Å². The van der Waals surface area contributed by atoms with E-state index >= 15 is 0 Å². The lowest BCUT2D eigenvalue weighted by molar-refractivity contribution is -0.127. The second-order valence-corrected chi connectivity index (χ2v) is 5.58. The molecule has 16 heavy (non-hydrogen) atoms. The zero-order valence-electron chi connectivity index (χ0n) is 11.3. The highest BCUT2D eigenvalue weighted by molar-refractivity contribution is 5.78. The Hall–Kier alpha value is -0.570. The first-order chi connectivity index (χ1) is 7.39. The largest absolute Gasteiger partial charge is 0.356 e. The fourth-order valence-corrected chi connectivity index (χ4v) is 1.38. The van der Waals surface area contributed by atoms with Crippen molar-refractivity contribution in [2.75, 3.05) is 13.1 Å². The van der Waals surface area contributed by atoms with Crippen molar-refractivity contribution >= 4 is 5.91 Å². The molecule has 0 saturated carbocycles. The molecule has 0 aliphatic heterocycles. The van der Waals surface area contributed by atoms with Gasteiger partial charge in [0, 0.05) is 12.5 Å². The average molecular weight is 228 g/mol. The van der Waals surface area contributed by atoms with Crippen molar-refractivity contribution in [1.29, 1.82) is 0 Å². The molecule has 3 nitrogen and oxygen atoms in total. The Bertz CT molecular complexity index is 197. The molecule has 0 fully saturated rings. The summed E-state index contributed by atoms with van der Waals surface area (Å²) in [6.45, 7) is 9.84. The minimum absolute atomic E-state index is 0.0453. The van der Waals surface area contributed by atoms with E-state index in [0.29, 0.717) is 0 Å². The van der Waals surface area contributed by atoms with Gasteiger partial charge < -0.3 is 11.1 Å². The highest BCUT2D eigenvalue weighted by Crippen LogP contribution is 2.25. The van der Waals surface area contributed by atoms with Crippen LogP contribution in [0.1, 0.15) is 53.4 Å². The lowest BCUT2D eigenvalue weighted by atomic mass is 9.81. The van der Waals surface area contributed by atoms with Gasteiger partial charge in [0.05, 0.1) is 0 Å². The summed E-state index contributed by atoms with van der Waals surface area (Å²) in [7, 11) is 0. The van der Waals surface area contributed by atoms with Gasteiger partial charge in [0.25, 0.3) is 0 Å². The molecule has 96 valence electrons. The molecule has 0 aliphatic rings. The van der Waals surface area contributed by atoms with Gasteiger partial charge in [-0.25, -0.2) is 0 Å². The Kier molecular flexibility index (Phi) is 7.39. The summed E-state index contributed by atoms with van der Waals surface area (Å²) in [4.78, 5) is 11.7. The molecule has 0 aromatic rings. The Morgan fingerprint density at radius 2 is 1.75 bits per heavy atom. The van der Waals surface area contributed by atoms with Crippen LogP contribution in [0.5, 0.6) is 0 Å². The second kappa shape index (κ2) is 7.66. The van der Waals surface area contributed by atoms with Crippen LogP contribution in [0.4, 0.5) is 0 Å². The third-order valence-electron chi connectivity index (χ3n) is 3.12. The highest BCUT2D eigenvalue weighted by atomic mass is 16.1. The summed E-state index contributed by atoms with van der Waals surface area (Å²) in [5.41, 5.74) is 5.45. The molecule has 1 atom stereocenters. The molecule has 0 heterocycles. The molecule has 0 unspecified atom stereocenters. The molecule has 0 saturated heterocycles. The topological polar surface area (TPSA) is 55.1 Å². The highest BCUT2D eigenvalue weighted by Gasteiger charge is 2.26. The molecule has 0 aromatic carbocycles. The Morgan fingerprint density at radius 3 is 2.25 bits per heavy atom. The van der Waals surface area contributed by atoms with Crippen LogP contribution in [0.15, 0.2) is 0 Å². The van der Waals surface area contributed by atoms with Gasteiger partial charge in [0.15, 0.2) is 0 Å². The van der Waals surface area contributed by atoms with E-state index in [4.69, 9.17) is 5.73 Å². The summed E-state index contributed by atoms with van der Waals surface area (Å²) in [6, 6.07) is 0. The number of unbranched alkanes of at least 4 members (excludes halogenated alkanes) is 3. The van der Waals surface area contributed by atoms with E-state index in [-0.39, 0.29) is 17.2 Å². The number of hydrogen-bond acceptors (Lipinski definition) is 2. The van der Waals surface area contributed by atoms with Crippen molar-refractivity contribution < 1.29 is 4.79 Å². The first-order valence-corrected chi connectivity index (χ1v) is 6.37. The standard InChI is InChI=1S/C13H28N2O/c1-11(13(2,3)4)12(16)15-10-8-6-5-7-9-14/h11H,5-10,14H2,1-4H3,(H,15,16)/t11-/m1/s1. The van der Waals surface area contributed by atoms with Crippen molar-refractivity contribution in [3.05, 3.63) is 0 Å². The van der Waals surface area contributed by atoms with Gasteiger partial charge in [-0.1, -0.05) is 40.5 Å². The zero-order chi connectivity index (χ0) is 12.6. The van der Waals surface area contributed by atoms with Crippen LogP contribution in [0.2, 0.25) is 0 Å². The van der Waals surface area contributed by atoms with Gasteiger partial charge in [0.1, 0.15) is 0 Å². The van der Waals surface area contributed by atoms with Gasteiger partial charge in [0.2, 0.25) is 5.91 Å². The normalized spacial score (nSPS) is 13.6. The van der Waals surface area contributed by atoms with E-state index < -0.39 is 0 Å². The van der Waals surface area contributed by atoms with E-state index in [0.717, 1.165) is 32.4 Å². The maximum atomic E-state index is 11.7. The maximum absolute atomic E-state index is 11.7. The van der Waals surface area contributed by atoms with Crippen LogP contribution in [0.3, 0.4) is 0 Å². The average Bonchev–Trinajstić information content (AvgIpc) is 2.20. The maximum Gasteiger partial charge on any atom is 0.223 e. The second-order valence-electron chi connectivity index (χ2n) is 5.58. The smallest absolute Gasteiger partial charge is 0.223 e. The predicted octanol–water partition coefficient (Wildman–Crippen LogP) is 2.30. The number of nitrogens with one attached hydrogen (secondary N) is 1. The van der Waals surface area contributed by atoms with Gasteiger partial charge in [-0.15, -0.1) is 0 Å². The number of carbonyl (C=O) groups excluding carboxylic acids is 1. The SMILES string of the molecule is C[C@H](C(=O)NCCCCCCN)C(C)(C)C. The Balaban J connectivity index is 3.58. The molecule has 3 N–H and O–H groups in total. The van der Waals surface area contributed by atoms with E-state index in [1.54, 1.807) is 0 Å². The molecule has 0 aromatic heterocycles. The van der Waals surface area contributed by atoms with E-state index in [2.05, 4.69) is 26.1 Å². The quantitative estimate of drug-likeness (QED) is 0.657. The summed E-state index contributed by atoms with van der Waals surface area (Å²) >= 11 is 0. The molecular weight excluding hydrogens is 200 g/mol. The third kappa shape index (κ3) is 6.83. The number of carbonyl (C=O) groups is 1. The third-order valence-corrected chi connectivity index (χ3v) is 3.12. The first kappa shape index (κ1) is 15.4. The molecule has 0 aliphatic carbocycles. The minimum Gasteiger partial charge on any atom is -0.356 e. The van der Waals surface area contributed by atoms with Crippen molar-refractivity contribution in [3.63, 3.8) is 0 Å². The lowest BCUT2D eigenvalue weighted by Gasteiger charge is -2.26. The molecule has 0 rings (SSSR count). The number of rotatable bonds is 7. The molecule has 0 radical (unpaired) electrons. The van der Waals surface area contributed by atoms with E-state index in [9.17, 15) is 4.79 Å². The lowest BCUT2D eigenvalue weighted by Crippen LogP contribution is -2.36.